The zero-order chi connectivity index (χ0) is 13.7. The topological polar surface area (TPSA) is 71.2 Å². The van der Waals surface area contributed by atoms with Crippen molar-refractivity contribution in [3.05, 3.63) is 29.6 Å². The lowest BCUT2D eigenvalue weighted by Crippen LogP contribution is -2.37. The molecule has 1 fully saturated rings. The maximum atomic E-state index is 12.2. The minimum Gasteiger partial charge on any atom is -0.347 e. The van der Waals surface area contributed by atoms with E-state index in [0.717, 1.165) is 19.5 Å². The molecule has 2 heterocycles. The van der Waals surface area contributed by atoms with Crippen LogP contribution in [0.2, 0.25) is 0 Å². The monoisotopic (exact) mass is 258 g/mol. The number of hydrogen-bond acceptors (Lipinski definition) is 4. The third-order valence-corrected chi connectivity index (χ3v) is 3.07. The zero-order valence-electron chi connectivity index (χ0n) is 11.0. The summed E-state index contributed by atoms with van der Waals surface area (Å²) in [5, 5.41) is 3.00. The van der Waals surface area contributed by atoms with E-state index in [9.17, 15) is 4.79 Å². The van der Waals surface area contributed by atoms with E-state index >= 15 is 0 Å². The van der Waals surface area contributed by atoms with Crippen LogP contribution in [0.15, 0.2) is 18.3 Å². The normalized spacial score (nSPS) is 18.7. The molecule has 1 unspecified atom stereocenters. The summed E-state index contributed by atoms with van der Waals surface area (Å²) in [5.74, 6) is 5.46. The van der Waals surface area contributed by atoms with E-state index in [4.69, 9.17) is 5.73 Å². The number of carbonyl (C=O) groups is 1. The lowest BCUT2D eigenvalue weighted by atomic mass is 10.1. The number of pyridine rings is 1. The molecular formula is C14H18N4O. The average molecular weight is 258 g/mol. The summed E-state index contributed by atoms with van der Waals surface area (Å²) >= 11 is 0. The van der Waals surface area contributed by atoms with E-state index in [1.807, 2.05) is 7.05 Å². The SMILES string of the molecule is CN1CCC(NC(=O)c2ncccc2C#CCN)C1. The molecule has 0 bridgehead atoms. The molecule has 1 atom stereocenters. The average Bonchev–Trinajstić information content (AvgIpc) is 2.82. The molecule has 0 aromatic carbocycles. The summed E-state index contributed by atoms with van der Waals surface area (Å²) < 4.78 is 0. The predicted molar refractivity (Wildman–Crippen MR) is 73.5 cm³/mol. The van der Waals surface area contributed by atoms with Crippen molar-refractivity contribution in [1.82, 2.24) is 15.2 Å². The van der Waals surface area contributed by atoms with Crippen molar-refractivity contribution in [2.24, 2.45) is 5.73 Å². The molecule has 1 saturated heterocycles. The van der Waals surface area contributed by atoms with Crippen LogP contribution in [0.1, 0.15) is 22.5 Å². The van der Waals surface area contributed by atoms with Crippen molar-refractivity contribution in [2.45, 2.75) is 12.5 Å². The van der Waals surface area contributed by atoms with Crippen LogP contribution in [0.25, 0.3) is 0 Å². The molecular weight excluding hydrogens is 240 g/mol. The first kappa shape index (κ1) is 13.5. The Morgan fingerprint density at radius 2 is 2.53 bits per heavy atom. The van der Waals surface area contributed by atoms with Crippen LogP contribution in [-0.2, 0) is 0 Å². The molecule has 2 rings (SSSR count). The number of nitrogens with one attached hydrogen (secondary N) is 1. The first-order valence-electron chi connectivity index (χ1n) is 6.34. The molecule has 0 aliphatic carbocycles. The van der Waals surface area contributed by atoms with E-state index in [1.165, 1.54) is 0 Å². The number of rotatable bonds is 2. The maximum absolute atomic E-state index is 12.2. The highest BCUT2D eigenvalue weighted by atomic mass is 16.2. The Morgan fingerprint density at radius 3 is 3.21 bits per heavy atom. The lowest BCUT2D eigenvalue weighted by Gasteiger charge is -2.13. The summed E-state index contributed by atoms with van der Waals surface area (Å²) in [4.78, 5) is 18.5. The van der Waals surface area contributed by atoms with E-state index in [0.29, 0.717) is 11.3 Å². The Morgan fingerprint density at radius 1 is 1.68 bits per heavy atom. The van der Waals surface area contributed by atoms with Gasteiger partial charge in [-0.1, -0.05) is 11.8 Å². The minimum atomic E-state index is -0.165. The third kappa shape index (κ3) is 3.53. The number of hydrogen-bond donors (Lipinski definition) is 2. The standard InChI is InChI=1S/C14H18N4O/c1-18-9-6-12(10-18)17-14(19)13-11(4-2-7-15)5-3-8-16-13/h3,5,8,12H,6-7,9-10,15H2,1H3,(H,17,19). The molecule has 1 aromatic heterocycles. The van der Waals surface area contributed by atoms with Gasteiger partial charge in [0, 0.05) is 18.8 Å². The molecule has 0 radical (unpaired) electrons. The fraction of sp³-hybridized carbons (Fsp3) is 0.429. The number of carbonyl (C=O) groups excluding carboxylic acids is 1. The quantitative estimate of drug-likeness (QED) is 0.722. The van der Waals surface area contributed by atoms with Crippen LogP contribution in [0.3, 0.4) is 0 Å². The van der Waals surface area contributed by atoms with Crippen LogP contribution in [-0.4, -0.2) is 48.5 Å². The van der Waals surface area contributed by atoms with E-state index in [2.05, 4.69) is 27.0 Å². The number of amides is 1. The van der Waals surface area contributed by atoms with Gasteiger partial charge in [-0.25, -0.2) is 4.98 Å². The molecule has 5 nitrogen and oxygen atoms in total. The van der Waals surface area contributed by atoms with Crippen molar-refractivity contribution in [1.29, 1.82) is 0 Å². The molecule has 0 saturated carbocycles. The number of aromatic nitrogens is 1. The van der Waals surface area contributed by atoms with E-state index in [-0.39, 0.29) is 18.5 Å². The first-order chi connectivity index (χ1) is 9.20. The van der Waals surface area contributed by atoms with Gasteiger partial charge in [-0.2, -0.15) is 0 Å². The van der Waals surface area contributed by atoms with Gasteiger partial charge in [0.1, 0.15) is 5.69 Å². The van der Waals surface area contributed by atoms with Crippen LogP contribution in [0.5, 0.6) is 0 Å². The highest BCUT2D eigenvalue weighted by Gasteiger charge is 2.22. The van der Waals surface area contributed by atoms with Crippen molar-refractivity contribution < 1.29 is 4.79 Å². The third-order valence-electron chi connectivity index (χ3n) is 3.07. The van der Waals surface area contributed by atoms with Gasteiger partial charge in [-0.05, 0) is 32.1 Å². The molecule has 0 spiro atoms. The smallest absolute Gasteiger partial charge is 0.271 e. The van der Waals surface area contributed by atoms with E-state index in [1.54, 1.807) is 18.3 Å². The molecule has 100 valence electrons. The molecule has 1 aliphatic heterocycles. The lowest BCUT2D eigenvalue weighted by molar-refractivity contribution is 0.0933. The largest absolute Gasteiger partial charge is 0.347 e. The Kier molecular flexibility index (Phi) is 4.50. The fourth-order valence-corrected chi connectivity index (χ4v) is 2.14. The molecule has 1 amide bonds. The van der Waals surface area contributed by atoms with Crippen molar-refractivity contribution in [3.8, 4) is 11.8 Å². The van der Waals surface area contributed by atoms with Gasteiger partial charge < -0.3 is 16.0 Å². The number of nitrogens with two attached hydrogens (primary N) is 1. The van der Waals surface area contributed by atoms with Gasteiger partial charge in [0.2, 0.25) is 0 Å². The molecule has 19 heavy (non-hydrogen) atoms. The summed E-state index contributed by atoms with van der Waals surface area (Å²) in [6.07, 6.45) is 2.57. The van der Waals surface area contributed by atoms with E-state index < -0.39 is 0 Å². The van der Waals surface area contributed by atoms with Crippen molar-refractivity contribution in [3.63, 3.8) is 0 Å². The molecule has 1 aliphatic rings. The van der Waals surface area contributed by atoms with Crippen LogP contribution < -0.4 is 11.1 Å². The Labute approximate surface area is 113 Å². The van der Waals surface area contributed by atoms with Crippen molar-refractivity contribution >= 4 is 5.91 Å². The number of likely N-dealkylation sites (N-methyl/N-ethyl adjacent to an activating group) is 1. The summed E-state index contributed by atoms with van der Waals surface area (Å²) in [6, 6.07) is 3.74. The van der Waals surface area contributed by atoms with Crippen LogP contribution >= 0.6 is 0 Å². The number of nitrogens with zero attached hydrogens (tertiary/aromatic N) is 2. The Bertz CT molecular complexity index is 518. The summed E-state index contributed by atoms with van der Waals surface area (Å²) in [6.45, 7) is 2.15. The second-order valence-electron chi connectivity index (χ2n) is 4.63. The van der Waals surface area contributed by atoms with Gasteiger partial charge in [0.05, 0.1) is 12.1 Å². The van der Waals surface area contributed by atoms with Gasteiger partial charge in [0.25, 0.3) is 5.91 Å². The Hall–Kier alpha value is -1.90. The Balaban J connectivity index is 2.10. The highest BCUT2D eigenvalue weighted by Crippen LogP contribution is 2.09. The second-order valence-corrected chi connectivity index (χ2v) is 4.63. The fourth-order valence-electron chi connectivity index (χ4n) is 2.14. The van der Waals surface area contributed by atoms with Crippen molar-refractivity contribution in [2.75, 3.05) is 26.7 Å². The number of likely N-dealkylation sites (tertiary alicyclic amines) is 1. The van der Waals surface area contributed by atoms with Gasteiger partial charge in [0.15, 0.2) is 0 Å². The highest BCUT2D eigenvalue weighted by molar-refractivity contribution is 5.94. The van der Waals surface area contributed by atoms with Gasteiger partial charge >= 0.3 is 0 Å². The molecule has 5 heteroatoms. The predicted octanol–water partition coefficient (Wildman–Crippen LogP) is -0.174. The summed E-state index contributed by atoms with van der Waals surface area (Å²) in [5.41, 5.74) is 6.34. The van der Waals surface area contributed by atoms with Crippen LogP contribution in [0, 0.1) is 11.8 Å². The first-order valence-corrected chi connectivity index (χ1v) is 6.34. The molecule has 1 aromatic rings. The minimum absolute atomic E-state index is 0.165. The van der Waals surface area contributed by atoms with Crippen LogP contribution in [0.4, 0.5) is 0 Å². The maximum Gasteiger partial charge on any atom is 0.271 e. The van der Waals surface area contributed by atoms with Gasteiger partial charge in [-0.3, -0.25) is 4.79 Å². The summed E-state index contributed by atoms with van der Waals surface area (Å²) in [7, 11) is 2.05. The molecule has 3 N–H and O–H groups in total. The second kappa shape index (κ2) is 6.32. The van der Waals surface area contributed by atoms with Gasteiger partial charge in [-0.15, -0.1) is 0 Å². The zero-order valence-corrected chi connectivity index (χ0v) is 11.0.